The zero-order chi connectivity index (χ0) is 24.7. The topological polar surface area (TPSA) is 51.2 Å². The van der Waals surface area contributed by atoms with Crippen LogP contribution in [0.1, 0.15) is 39.2 Å². The summed E-state index contributed by atoms with van der Waals surface area (Å²) in [5, 5.41) is 12.1. The number of hydrogen-bond donors (Lipinski definition) is 1. The van der Waals surface area contributed by atoms with Crippen molar-refractivity contribution in [2.45, 2.75) is 63.6 Å². The Morgan fingerprint density at radius 1 is 0.857 bits per heavy atom. The average Bonchev–Trinajstić information content (AvgIpc) is 3.67. The second-order valence-electron chi connectivity index (χ2n) is 10.3. The Labute approximate surface area is 211 Å². The van der Waals surface area contributed by atoms with Crippen LogP contribution in [0.3, 0.4) is 0 Å². The molecule has 3 atom stereocenters. The van der Waals surface area contributed by atoms with Crippen molar-refractivity contribution in [3.63, 3.8) is 0 Å². The Kier molecular flexibility index (Phi) is 8.58. The normalized spacial score (nSPS) is 18.9. The van der Waals surface area contributed by atoms with E-state index in [1.54, 1.807) is 0 Å². The molecule has 1 saturated heterocycles. The minimum atomic E-state index is -2.54. The number of aliphatic hydroxyl groups is 1. The third-order valence-electron chi connectivity index (χ3n) is 6.84. The monoisotopic (exact) mass is 490 g/mol. The van der Waals surface area contributed by atoms with Crippen LogP contribution >= 0.6 is 0 Å². The number of rotatable bonds is 12. The summed E-state index contributed by atoms with van der Waals surface area (Å²) in [5.74, 6) is 0. The lowest BCUT2D eigenvalue weighted by Gasteiger charge is -2.43. The van der Waals surface area contributed by atoms with Crippen molar-refractivity contribution in [3.8, 4) is 0 Å². The molecule has 186 valence electrons. The SMILES string of the molecule is CC(C)(C)[Si](OCCC[C@H](OCc1ccccc1)[C@@H]1O[C@H]1CO)(c1ccccc1)c1ccccc1. The molecule has 4 nitrogen and oxygen atoms in total. The van der Waals surface area contributed by atoms with Gasteiger partial charge in [0.1, 0.15) is 12.2 Å². The Morgan fingerprint density at radius 3 is 1.89 bits per heavy atom. The number of ether oxygens (including phenoxy) is 2. The van der Waals surface area contributed by atoms with Gasteiger partial charge in [0.05, 0.1) is 19.3 Å². The van der Waals surface area contributed by atoms with Gasteiger partial charge in [-0.3, -0.25) is 0 Å². The van der Waals surface area contributed by atoms with Gasteiger partial charge in [-0.05, 0) is 33.8 Å². The van der Waals surface area contributed by atoms with Crippen molar-refractivity contribution in [2.24, 2.45) is 0 Å². The van der Waals surface area contributed by atoms with Gasteiger partial charge in [-0.2, -0.15) is 0 Å². The Balaban J connectivity index is 1.47. The van der Waals surface area contributed by atoms with Crippen LogP contribution in [-0.4, -0.2) is 44.9 Å². The molecule has 0 spiro atoms. The van der Waals surface area contributed by atoms with E-state index < -0.39 is 8.32 Å². The first kappa shape index (κ1) is 25.8. The van der Waals surface area contributed by atoms with Gasteiger partial charge in [-0.15, -0.1) is 0 Å². The number of hydrogen-bond acceptors (Lipinski definition) is 4. The lowest BCUT2D eigenvalue weighted by atomic mass is 10.1. The van der Waals surface area contributed by atoms with E-state index in [1.165, 1.54) is 10.4 Å². The van der Waals surface area contributed by atoms with Gasteiger partial charge in [0.15, 0.2) is 0 Å². The van der Waals surface area contributed by atoms with Crippen LogP contribution in [0.4, 0.5) is 0 Å². The van der Waals surface area contributed by atoms with Crippen LogP contribution in [-0.2, 0) is 20.5 Å². The van der Waals surface area contributed by atoms with Gasteiger partial charge in [-0.25, -0.2) is 0 Å². The molecule has 0 bridgehead atoms. The van der Waals surface area contributed by atoms with Crippen molar-refractivity contribution in [1.82, 2.24) is 0 Å². The van der Waals surface area contributed by atoms with Crippen LogP contribution in [0, 0.1) is 0 Å². The fourth-order valence-corrected chi connectivity index (χ4v) is 9.63. The van der Waals surface area contributed by atoms with E-state index in [0.29, 0.717) is 13.2 Å². The van der Waals surface area contributed by atoms with E-state index in [2.05, 4.69) is 93.6 Å². The third-order valence-corrected chi connectivity index (χ3v) is 11.9. The molecule has 0 unspecified atom stereocenters. The standard InChI is InChI=1S/C30H38O4Si/c1-30(2,3)35(25-16-9-5-10-17-25,26-18-11-6-12-19-26)33-21-13-20-27(29-28(22-31)34-29)32-23-24-14-7-4-8-15-24/h4-12,14-19,27-29,31H,13,20-23H2,1-3H3/t27-,28-,29-/m0/s1. The molecule has 1 N–H and O–H groups in total. The fourth-order valence-electron chi connectivity index (χ4n) is 5.02. The summed E-state index contributed by atoms with van der Waals surface area (Å²) >= 11 is 0. The maximum Gasteiger partial charge on any atom is 0.261 e. The maximum atomic E-state index is 9.53. The number of epoxide rings is 1. The Hall–Kier alpha value is -2.28. The molecule has 1 aliphatic rings. The molecule has 3 aromatic rings. The molecule has 0 saturated carbocycles. The fraction of sp³-hybridized carbons (Fsp3) is 0.400. The van der Waals surface area contributed by atoms with Gasteiger partial charge in [0, 0.05) is 6.61 Å². The number of benzene rings is 3. The summed E-state index contributed by atoms with van der Waals surface area (Å²) in [6.07, 6.45) is 1.47. The second kappa shape index (κ2) is 11.6. The summed E-state index contributed by atoms with van der Waals surface area (Å²) in [7, 11) is -2.54. The van der Waals surface area contributed by atoms with Gasteiger partial charge in [0.2, 0.25) is 0 Å². The molecule has 1 aliphatic heterocycles. The van der Waals surface area contributed by atoms with E-state index >= 15 is 0 Å². The van der Waals surface area contributed by atoms with Crippen molar-refractivity contribution in [2.75, 3.05) is 13.2 Å². The molecular formula is C30H38O4Si. The third kappa shape index (κ3) is 6.11. The van der Waals surface area contributed by atoms with Crippen LogP contribution in [0.5, 0.6) is 0 Å². The quantitative estimate of drug-likeness (QED) is 0.227. The van der Waals surface area contributed by atoms with Gasteiger partial charge >= 0.3 is 0 Å². The zero-order valence-electron chi connectivity index (χ0n) is 21.1. The van der Waals surface area contributed by atoms with E-state index in [0.717, 1.165) is 18.4 Å². The van der Waals surface area contributed by atoms with Crippen molar-refractivity contribution < 1.29 is 19.0 Å². The molecule has 4 rings (SSSR count). The summed E-state index contributed by atoms with van der Waals surface area (Å²) < 4.78 is 19.0. The molecule has 1 heterocycles. The van der Waals surface area contributed by atoms with Crippen LogP contribution < -0.4 is 10.4 Å². The van der Waals surface area contributed by atoms with E-state index in [4.69, 9.17) is 13.9 Å². The molecular weight excluding hydrogens is 452 g/mol. The molecule has 5 heteroatoms. The lowest BCUT2D eigenvalue weighted by Crippen LogP contribution is -2.66. The molecule has 1 fully saturated rings. The summed E-state index contributed by atoms with van der Waals surface area (Å²) in [6, 6.07) is 31.7. The summed E-state index contributed by atoms with van der Waals surface area (Å²) in [4.78, 5) is 0. The highest BCUT2D eigenvalue weighted by molar-refractivity contribution is 6.99. The molecule has 35 heavy (non-hydrogen) atoms. The van der Waals surface area contributed by atoms with Crippen LogP contribution in [0.25, 0.3) is 0 Å². The molecule has 3 aromatic carbocycles. The summed E-state index contributed by atoms with van der Waals surface area (Å²) in [6.45, 7) is 8.13. The smallest absolute Gasteiger partial charge is 0.261 e. The zero-order valence-corrected chi connectivity index (χ0v) is 22.1. The van der Waals surface area contributed by atoms with Crippen molar-refractivity contribution in [1.29, 1.82) is 0 Å². The van der Waals surface area contributed by atoms with Crippen molar-refractivity contribution >= 4 is 18.7 Å². The molecule has 0 amide bonds. The second-order valence-corrected chi connectivity index (χ2v) is 14.6. The summed E-state index contributed by atoms with van der Waals surface area (Å²) in [5.41, 5.74) is 1.14. The lowest BCUT2D eigenvalue weighted by molar-refractivity contribution is 0.0129. The van der Waals surface area contributed by atoms with Gasteiger partial charge in [0.25, 0.3) is 8.32 Å². The minimum Gasteiger partial charge on any atom is -0.407 e. The average molecular weight is 491 g/mol. The van der Waals surface area contributed by atoms with Crippen molar-refractivity contribution in [3.05, 3.63) is 96.6 Å². The van der Waals surface area contributed by atoms with Crippen LogP contribution in [0.2, 0.25) is 5.04 Å². The van der Waals surface area contributed by atoms with Gasteiger partial charge in [-0.1, -0.05) is 112 Å². The predicted octanol–water partition coefficient (Wildman–Crippen LogP) is 4.69. The highest BCUT2D eigenvalue weighted by atomic mass is 28.4. The Bertz CT molecular complexity index is 981. The number of aliphatic hydroxyl groups excluding tert-OH is 1. The Morgan fingerprint density at radius 2 is 1.40 bits per heavy atom. The molecule has 0 radical (unpaired) electrons. The minimum absolute atomic E-state index is 0.0361. The van der Waals surface area contributed by atoms with E-state index in [1.807, 2.05) is 18.2 Å². The first-order valence-corrected chi connectivity index (χ1v) is 14.5. The largest absolute Gasteiger partial charge is 0.407 e. The van der Waals surface area contributed by atoms with Crippen LogP contribution in [0.15, 0.2) is 91.0 Å². The molecule has 0 aliphatic carbocycles. The predicted molar refractivity (Wildman–Crippen MR) is 144 cm³/mol. The van der Waals surface area contributed by atoms with Gasteiger partial charge < -0.3 is 19.0 Å². The first-order valence-electron chi connectivity index (χ1n) is 12.6. The first-order chi connectivity index (χ1) is 17.0. The highest BCUT2D eigenvalue weighted by Gasteiger charge is 2.50. The highest BCUT2D eigenvalue weighted by Crippen LogP contribution is 2.37. The van der Waals surface area contributed by atoms with E-state index in [9.17, 15) is 5.11 Å². The molecule has 0 aromatic heterocycles. The maximum absolute atomic E-state index is 9.53. The van der Waals surface area contributed by atoms with E-state index in [-0.39, 0.29) is 30.0 Å².